The Hall–Kier alpha value is -2.63. The van der Waals surface area contributed by atoms with Crippen molar-refractivity contribution in [2.24, 2.45) is 11.3 Å². The standard InChI is InChI=1S/C21H24F3N5O3S.H2/c22-21(23,24)33(31,32)17-3-1-14(2-4-17)7-15-8-20(9-15)11-29(12-20)19(30)28-6-5-16(10-28)18-25-13-26-27-18;/h1-4,13,15-16H,5-12H2,(H,25,26,27);1H/t16-;/m0./s1. The number of aromatic amines is 1. The van der Waals surface area contributed by atoms with Crippen molar-refractivity contribution < 1.29 is 27.8 Å². The number of urea groups is 1. The molecule has 3 heterocycles. The molecule has 33 heavy (non-hydrogen) atoms. The summed E-state index contributed by atoms with van der Waals surface area (Å²) in [7, 11) is -5.31. The van der Waals surface area contributed by atoms with Crippen LogP contribution >= 0.6 is 0 Å². The van der Waals surface area contributed by atoms with Gasteiger partial charge in [0.25, 0.3) is 9.84 Å². The maximum Gasteiger partial charge on any atom is 0.501 e. The van der Waals surface area contributed by atoms with Crippen molar-refractivity contribution in [1.82, 2.24) is 25.0 Å². The highest BCUT2D eigenvalue weighted by molar-refractivity contribution is 7.92. The number of hydrogen-bond acceptors (Lipinski definition) is 5. The Morgan fingerprint density at radius 3 is 2.48 bits per heavy atom. The second kappa shape index (κ2) is 7.71. The molecule has 1 saturated carbocycles. The largest absolute Gasteiger partial charge is 0.501 e. The van der Waals surface area contributed by atoms with Gasteiger partial charge in [0.15, 0.2) is 0 Å². The number of alkyl halides is 3. The second-order valence-corrected chi connectivity index (χ2v) is 11.5. The third-order valence-corrected chi connectivity index (χ3v) is 8.61. The van der Waals surface area contributed by atoms with Gasteiger partial charge in [0.1, 0.15) is 12.2 Å². The average Bonchev–Trinajstić information content (AvgIpc) is 3.39. The van der Waals surface area contributed by atoms with Crippen LogP contribution in [-0.2, 0) is 16.3 Å². The van der Waals surface area contributed by atoms with Gasteiger partial charge in [-0.2, -0.15) is 18.3 Å². The zero-order valence-corrected chi connectivity index (χ0v) is 18.6. The fraction of sp³-hybridized carbons (Fsp3) is 0.571. The van der Waals surface area contributed by atoms with Crippen molar-refractivity contribution in [2.75, 3.05) is 26.2 Å². The zero-order chi connectivity index (χ0) is 23.4. The number of benzene rings is 1. The lowest BCUT2D eigenvalue weighted by molar-refractivity contribution is -0.0753. The Morgan fingerprint density at radius 2 is 1.88 bits per heavy atom. The topological polar surface area (TPSA) is 99.3 Å². The lowest BCUT2D eigenvalue weighted by Crippen LogP contribution is -2.65. The molecule has 3 aliphatic rings. The van der Waals surface area contributed by atoms with E-state index in [2.05, 4.69) is 15.2 Å². The molecule has 2 aromatic rings. The molecule has 180 valence electrons. The summed E-state index contributed by atoms with van der Waals surface area (Å²) >= 11 is 0. The summed E-state index contributed by atoms with van der Waals surface area (Å²) in [5.74, 6) is 1.39. The summed E-state index contributed by atoms with van der Waals surface area (Å²) in [5, 5.41) is 6.75. The van der Waals surface area contributed by atoms with E-state index in [1.54, 1.807) is 0 Å². The van der Waals surface area contributed by atoms with Gasteiger partial charge in [-0.15, -0.1) is 0 Å². The lowest BCUT2D eigenvalue weighted by atomic mass is 9.56. The second-order valence-electron chi connectivity index (χ2n) is 9.51. The molecule has 0 bridgehead atoms. The number of nitrogens with one attached hydrogen (secondary N) is 1. The number of H-pyrrole nitrogens is 1. The van der Waals surface area contributed by atoms with E-state index in [9.17, 15) is 26.4 Å². The van der Waals surface area contributed by atoms with Gasteiger partial charge in [0.2, 0.25) is 0 Å². The molecule has 2 saturated heterocycles. The Morgan fingerprint density at radius 1 is 1.18 bits per heavy atom. The zero-order valence-electron chi connectivity index (χ0n) is 17.8. The van der Waals surface area contributed by atoms with Gasteiger partial charge in [-0.3, -0.25) is 5.10 Å². The van der Waals surface area contributed by atoms with Gasteiger partial charge in [0.05, 0.1) is 4.90 Å². The third kappa shape index (κ3) is 3.98. The number of rotatable bonds is 4. The van der Waals surface area contributed by atoms with Crippen LogP contribution in [0.15, 0.2) is 35.5 Å². The maximum atomic E-state index is 12.8. The molecule has 0 radical (unpaired) electrons. The number of carbonyl (C=O) groups is 1. The minimum atomic E-state index is -5.31. The highest BCUT2D eigenvalue weighted by Crippen LogP contribution is 2.53. The van der Waals surface area contributed by atoms with Crippen molar-refractivity contribution in [3.05, 3.63) is 42.0 Å². The molecule has 2 aliphatic heterocycles. The molecular formula is C21H26F3N5O3S. The lowest BCUT2D eigenvalue weighted by Gasteiger charge is -2.59. The fourth-order valence-electron chi connectivity index (χ4n) is 5.51. The van der Waals surface area contributed by atoms with E-state index >= 15 is 0 Å². The predicted octanol–water partition coefficient (Wildman–Crippen LogP) is 3.21. The number of carbonyl (C=O) groups excluding carboxylic acids is 1. The molecule has 1 spiro atoms. The molecule has 1 aromatic carbocycles. The van der Waals surface area contributed by atoms with Crippen LogP contribution in [0.4, 0.5) is 18.0 Å². The Balaban J connectivity index is 0.00000274. The summed E-state index contributed by atoms with van der Waals surface area (Å²) in [4.78, 5) is 20.0. The van der Waals surface area contributed by atoms with Crippen LogP contribution in [-0.4, -0.2) is 71.1 Å². The van der Waals surface area contributed by atoms with Gasteiger partial charge >= 0.3 is 11.5 Å². The maximum absolute atomic E-state index is 12.8. The van der Waals surface area contributed by atoms with E-state index in [4.69, 9.17) is 0 Å². The van der Waals surface area contributed by atoms with Gasteiger partial charge in [0, 0.05) is 38.9 Å². The first-order chi connectivity index (χ1) is 15.6. The summed E-state index contributed by atoms with van der Waals surface area (Å²) in [5.41, 5.74) is -4.34. The number of sulfone groups is 1. The monoisotopic (exact) mass is 485 g/mol. The molecule has 1 N–H and O–H groups in total. The Bertz CT molecular complexity index is 1130. The summed E-state index contributed by atoms with van der Waals surface area (Å²) in [6.45, 7) is 2.81. The molecule has 3 fully saturated rings. The molecule has 1 aromatic heterocycles. The van der Waals surface area contributed by atoms with Gasteiger partial charge < -0.3 is 9.80 Å². The number of aromatic nitrogens is 3. The number of halogens is 3. The molecule has 8 nitrogen and oxygen atoms in total. The minimum absolute atomic E-state index is 0. The number of likely N-dealkylation sites (tertiary alicyclic amines) is 2. The summed E-state index contributed by atoms with van der Waals surface area (Å²) < 4.78 is 61.0. The highest BCUT2D eigenvalue weighted by atomic mass is 32.2. The van der Waals surface area contributed by atoms with Crippen LogP contribution in [0.5, 0.6) is 0 Å². The highest BCUT2D eigenvalue weighted by Gasteiger charge is 2.54. The third-order valence-electron chi connectivity index (χ3n) is 7.11. The quantitative estimate of drug-likeness (QED) is 0.717. The fourth-order valence-corrected chi connectivity index (χ4v) is 6.27. The van der Waals surface area contributed by atoms with Crippen LogP contribution < -0.4 is 0 Å². The SMILES string of the molecule is O=C(N1CC[C@H](c2ncn[nH]2)C1)N1CC2(CC(Cc3ccc(S(=O)(=O)C(F)(F)F)cc3)C2)C1.[HH]. The predicted molar refractivity (Wildman–Crippen MR) is 113 cm³/mol. The van der Waals surface area contributed by atoms with Crippen molar-refractivity contribution in [3.8, 4) is 0 Å². The van der Waals surface area contributed by atoms with E-state index in [-0.39, 0.29) is 18.8 Å². The van der Waals surface area contributed by atoms with E-state index in [0.717, 1.165) is 55.9 Å². The molecule has 12 heteroatoms. The van der Waals surface area contributed by atoms with E-state index in [0.29, 0.717) is 25.4 Å². The van der Waals surface area contributed by atoms with Gasteiger partial charge in [-0.25, -0.2) is 18.2 Å². The van der Waals surface area contributed by atoms with Crippen molar-refractivity contribution in [1.29, 1.82) is 0 Å². The van der Waals surface area contributed by atoms with Crippen LogP contribution in [0.25, 0.3) is 0 Å². The van der Waals surface area contributed by atoms with Crippen molar-refractivity contribution >= 4 is 15.9 Å². The number of amides is 2. The molecule has 2 amide bonds. The van der Waals surface area contributed by atoms with Crippen LogP contribution in [0.2, 0.25) is 0 Å². The number of hydrogen-bond donors (Lipinski definition) is 1. The Kier molecular flexibility index (Phi) is 5.18. The molecule has 1 aliphatic carbocycles. The molecule has 0 unspecified atom stereocenters. The van der Waals surface area contributed by atoms with E-state index in [1.807, 2.05) is 9.80 Å². The van der Waals surface area contributed by atoms with Crippen molar-refractivity contribution in [2.45, 2.75) is 42.0 Å². The van der Waals surface area contributed by atoms with E-state index in [1.165, 1.54) is 18.5 Å². The normalized spacial score (nSPS) is 22.9. The minimum Gasteiger partial charge on any atom is -0.324 e. The molecular weight excluding hydrogens is 459 g/mol. The van der Waals surface area contributed by atoms with Gasteiger partial charge in [-0.1, -0.05) is 12.1 Å². The van der Waals surface area contributed by atoms with Crippen LogP contribution in [0, 0.1) is 11.3 Å². The molecule has 5 rings (SSSR count). The van der Waals surface area contributed by atoms with E-state index < -0.39 is 20.2 Å². The first-order valence-corrected chi connectivity index (χ1v) is 12.3. The van der Waals surface area contributed by atoms with Crippen LogP contribution in [0.1, 0.15) is 38.0 Å². The number of nitrogens with zero attached hydrogens (tertiary/aromatic N) is 4. The first-order valence-electron chi connectivity index (χ1n) is 10.9. The van der Waals surface area contributed by atoms with Gasteiger partial charge in [-0.05, 0) is 49.3 Å². The Labute approximate surface area is 190 Å². The molecule has 1 atom stereocenters. The summed E-state index contributed by atoms with van der Waals surface area (Å²) in [6, 6.07) is 5.03. The summed E-state index contributed by atoms with van der Waals surface area (Å²) in [6.07, 6.45) is 4.95. The smallest absolute Gasteiger partial charge is 0.324 e. The average molecular weight is 486 g/mol. The van der Waals surface area contributed by atoms with Crippen LogP contribution in [0.3, 0.4) is 0 Å². The first kappa shape index (κ1) is 22.2. The van der Waals surface area contributed by atoms with Crippen molar-refractivity contribution in [3.63, 3.8) is 0 Å².